The maximum Gasteiger partial charge on any atom is 0.416 e. The third-order valence-corrected chi connectivity index (χ3v) is 7.04. The third-order valence-electron chi connectivity index (χ3n) is 7.04. The molecule has 0 radical (unpaired) electrons. The number of hydrogen-bond donors (Lipinski definition) is 5. The summed E-state index contributed by atoms with van der Waals surface area (Å²) in [6.45, 7) is 11.6. The molecule has 242 valence electrons. The fraction of sp³-hybridized carbons (Fsp3) is 0.382. The molecule has 0 aliphatic rings. The molecule has 3 aromatic rings. The van der Waals surface area contributed by atoms with Crippen molar-refractivity contribution in [3.05, 3.63) is 99.6 Å². The lowest BCUT2D eigenvalue weighted by molar-refractivity contribution is -0.137. The lowest BCUT2D eigenvalue weighted by Crippen LogP contribution is -2.56. The van der Waals surface area contributed by atoms with Crippen LogP contribution in [0.5, 0.6) is 0 Å². The molecule has 3 rings (SSSR count). The average Bonchev–Trinajstić information content (AvgIpc) is 2.94. The van der Waals surface area contributed by atoms with Gasteiger partial charge in [0, 0.05) is 30.9 Å². The first kappa shape index (κ1) is 35.1. The Morgan fingerprint density at radius 1 is 0.822 bits per heavy atom. The summed E-state index contributed by atoms with van der Waals surface area (Å²) in [5.41, 5.74) is 3.52. The van der Waals surface area contributed by atoms with Gasteiger partial charge in [0.25, 0.3) is 5.91 Å². The predicted octanol–water partition coefficient (Wildman–Crippen LogP) is 5.16. The van der Waals surface area contributed by atoms with Crippen molar-refractivity contribution >= 4 is 23.4 Å². The van der Waals surface area contributed by atoms with Crippen LogP contribution in [0.25, 0.3) is 0 Å². The zero-order valence-corrected chi connectivity index (χ0v) is 26.5. The van der Waals surface area contributed by atoms with E-state index >= 15 is 0 Å². The van der Waals surface area contributed by atoms with Gasteiger partial charge in [0.05, 0.1) is 17.7 Å². The molecule has 0 aromatic heterocycles. The van der Waals surface area contributed by atoms with Gasteiger partial charge in [-0.15, -0.1) is 0 Å². The summed E-state index contributed by atoms with van der Waals surface area (Å²) in [4.78, 5) is 39.1. The van der Waals surface area contributed by atoms with Gasteiger partial charge in [-0.3, -0.25) is 14.4 Å². The van der Waals surface area contributed by atoms with E-state index in [-0.39, 0.29) is 24.3 Å². The molecule has 1 atom stereocenters. The monoisotopic (exact) mass is 625 g/mol. The number of carbonyl (C=O) groups is 3. The normalized spacial score (nSPS) is 12.3. The van der Waals surface area contributed by atoms with E-state index in [2.05, 4.69) is 32.7 Å². The molecule has 3 aromatic carbocycles. The number of hydrogen-bond acceptors (Lipinski definition) is 5. The Bertz CT molecular complexity index is 1520. The first-order valence-corrected chi connectivity index (χ1v) is 14.7. The molecule has 3 amide bonds. The van der Waals surface area contributed by atoms with Crippen LogP contribution in [0.4, 0.5) is 18.9 Å². The summed E-state index contributed by atoms with van der Waals surface area (Å²) in [5, 5.41) is 14.1. The van der Waals surface area contributed by atoms with E-state index in [0.29, 0.717) is 6.54 Å². The maximum absolute atomic E-state index is 13.5. The fourth-order valence-electron chi connectivity index (χ4n) is 4.62. The average molecular weight is 626 g/mol. The number of anilines is 1. The quantitative estimate of drug-likeness (QED) is 0.191. The van der Waals surface area contributed by atoms with Crippen LogP contribution in [0.1, 0.15) is 64.5 Å². The SMILES string of the molecule is Cc1ccc(CNC[C@H](NC(=O)CNC(=O)c2cc(C(F)(F)F)ccc2NCc2ccccc2C)C(=O)NC(C)(C)C)c(C)c1. The number of alkyl halides is 3. The van der Waals surface area contributed by atoms with Crippen molar-refractivity contribution in [3.63, 3.8) is 0 Å². The lowest BCUT2D eigenvalue weighted by atomic mass is 10.1. The minimum atomic E-state index is -4.67. The second-order valence-electron chi connectivity index (χ2n) is 12.1. The van der Waals surface area contributed by atoms with Gasteiger partial charge >= 0.3 is 6.18 Å². The molecule has 5 N–H and O–H groups in total. The number of halogens is 3. The minimum absolute atomic E-state index is 0.107. The second-order valence-corrected chi connectivity index (χ2v) is 12.1. The number of nitrogens with one attached hydrogen (secondary N) is 5. The van der Waals surface area contributed by atoms with Crippen LogP contribution in [-0.4, -0.2) is 42.4 Å². The highest BCUT2D eigenvalue weighted by Gasteiger charge is 2.32. The van der Waals surface area contributed by atoms with Gasteiger partial charge in [0.1, 0.15) is 6.04 Å². The Morgan fingerprint density at radius 3 is 2.16 bits per heavy atom. The van der Waals surface area contributed by atoms with Crippen molar-refractivity contribution in [1.29, 1.82) is 0 Å². The first-order valence-electron chi connectivity index (χ1n) is 14.7. The standard InChI is InChI=1S/C34H42F3N5O3/c1-21-11-12-25(23(3)15-21)17-38-19-29(32(45)42-33(4,5)6)41-30(43)20-40-31(44)27-16-26(34(35,36)37)13-14-28(27)39-18-24-10-8-7-9-22(24)2/h7-16,29,38-39H,17-20H2,1-6H3,(H,40,44)(H,41,43)(H,42,45)/t29-/m0/s1. The van der Waals surface area contributed by atoms with Gasteiger partial charge in [-0.25, -0.2) is 0 Å². The molecule has 0 aliphatic carbocycles. The molecule has 0 unspecified atom stereocenters. The molecular weight excluding hydrogens is 583 g/mol. The van der Waals surface area contributed by atoms with Crippen molar-refractivity contribution in [3.8, 4) is 0 Å². The molecule has 0 heterocycles. The zero-order valence-electron chi connectivity index (χ0n) is 26.5. The molecular formula is C34H42F3N5O3. The largest absolute Gasteiger partial charge is 0.416 e. The Balaban J connectivity index is 1.70. The summed E-state index contributed by atoms with van der Waals surface area (Å²) in [7, 11) is 0. The summed E-state index contributed by atoms with van der Waals surface area (Å²) < 4.78 is 40.5. The fourth-order valence-corrected chi connectivity index (χ4v) is 4.62. The number of carbonyl (C=O) groups excluding carboxylic acids is 3. The topological polar surface area (TPSA) is 111 Å². The van der Waals surface area contributed by atoms with Gasteiger partial charge < -0.3 is 26.6 Å². The number of rotatable bonds is 12. The van der Waals surface area contributed by atoms with Gasteiger partial charge in [-0.05, 0) is 82.0 Å². The van der Waals surface area contributed by atoms with Crippen molar-refractivity contribution in [2.45, 2.75) is 72.4 Å². The number of amides is 3. The van der Waals surface area contributed by atoms with E-state index < -0.39 is 47.6 Å². The first-order chi connectivity index (χ1) is 21.0. The third kappa shape index (κ3) is 10.9. The van der Waals surface area contributed by atoms with E-state index in [1.807, 2.05) is 77.9 Å². The van der Waals surface area contributed by atoms with Gasteiger partial charge in [-0.1, -0.05) is 48.0 Å². The van der Waals surface area contributed by atoms with Crippen LogP contribution in [0, 0.1) is 20.8 Å². The van der Waals surface area contributed by atoms with E-state index in [4.69, 9.17) is 0 Å². The van der Waals surface area contributed by atoms with E-state index in [1.165, 1.54) is 6.07 Å². The van der Waals surface area contributed by atoms with E-state index in [1.54, 1.807) is 0 Å². The lowest BCUT2D eigenvalue weighted by Gasteiger charge is -2.26. The molecule has 8 nitrogen and oxygen atoms in total. The molecule has 0 spiro atoms. The highest BCUT2D eigenvalue weighted by molar-refractivity contribution is 6.01. The molecule has 0 fully saturated rings. The second kappa shape index (κ2) is 15.1. The van der Waals surface area contributed by atoms with Crippen molar-refractivity contribution in [1.82, 2.24) is 21.3 Å². The van der Waals surface area contributed by atoms with E-state index in [9.17, 15) is 27.6 Å². The van der Waals surface area contributed by atoms with Gasteiger partial charge in [0.2, 0.25) is 11.8 Å². The highest BCUT2D eigenvalue weighted by atomic mass is 19.4. The van der Waals surface area contributed by atoms with Crippen LogP contribution < -0.4 is 26.6 Å². The van der Waals surface area contributed by atoms with E-state index in [0.717, 1.165) is 39.9 Å². The van der Waals surface area contributed by atoms with Crippen molar-refractivity contribution < 1.29 is 27.6 Å². The number of benzene rings is 3. The molecule has 0 bridgehead atoms. The van der Waals surface area contributed by atoms with Crippen LogP contribution >= 0.6 is 0 Å². The smallest absolute Gasteiger partial charge is 0.380 e. The minimum Gasteiger partial charge on any atom is -0.380 e. The van der Waals surface area contributed by atoms with Crippen LogP contribution in [0.15, 0.2) is 60.7 Å². The zero-order chi connectivity index (χ0) is 33.4. The van der Waals surface area contributed by atoms with Gasteiger partial charge in [-0.2, -0.15) is 13.2 Å². The Morgan fingerprint density at radius 2 is 1.51 bits per heavy atom. The highest BCUT2D eigenvalue weighted by Crippen LogP contribution is 2.32. The predicted molar refractivity (Wildman–Crippen MR) is 170 cm³/mol. The molecule has 0 saturated heterocycles. The maximum atomic E-state index is 13.5. The van der Waals surface area contributed by atoms with Crippen LogP contribution in [0.2, 0.25) is 0 Å². The van der Waals surface area contributed by atoms with Crippen molar-refractivity contribution in [2.24, 2.45) is 0 Å². The summed E-state index contributed by atoms with van der Waals surface area (Å²) in [5.74, 6) is -1.96. The number of aryl methyl sites for hydroxylation is 3. The summed E-state index contributed by atoms with van der Waals surface area (Å²) >= 11 is 0. The molecule has 45 heavy (non-hydrogen) atoms. The van der Waals surface area contributed by atoms with Crippen LogP contribution in [0.3, 0.4) is 0 Å². The molecule has 11 heteroatoms. The Hall–Kier alpha value is -4.38. The summed E-state index contributed by atoms with van der Waals surface area (Å²) in [6.07, 6.45) is -4.67. The Labute approximate surface area is 262 Å². The van der Waals surface area contributed by atoms with Gasteiger partial charge in [0.15, 0.2) is 0 Å². The Kier molecular flexibility index (Phi) is 11.8. The molecule has 0 aliphatic heterocycles. The van der Waals surface area contributed by atoms with Crippen molar-refractivity contribution in [2.75, 3.05) is 18.4 Å². The molecule has 0 saturated carbocycles. The summed E-state index contributed by atoms with van der Waals surface area (Å²) in [6, 6.07) is 15.4. The van der Waals surface area contributed by atoms with Crippen LogP contribution in [-0.2, 0) is 28.9 Å².